The second-order valence-electron chi connectivity index (χ2n) is 4.16. The number of halogens is 2. The van der Waals surface area contributed by atoms with Crippen molar-refractivity contribution in [3.63, 3.8) is 0 Å². The van der Waals surface area contributed by atoms with E-state index in [0.717, 1.165) is 11.1 Å². The molecule has 1 aliphatic carbocycles. The van der Waals surface area contributed by atoms with Gasteiger partial charge in [-0.25, -0.2) is 0 Å². The second kappa shape index (κ2) is 8.73. The van der Waals surface area contributed by atoms with Crippen LogP contribution in [0.3, 0.4) is 0 Å². The van der Waals surface area contributed by atoms with Crippen LogP contribution in [0.25, 0.3) is 0 Å². The minimum atomic E-state index is 0. The first-order chi connectivity index (χ1) is 7.61. The third-order valence-electron chi connectivity index (χ3n) is 3.23. The predicted octanol–water partition coefficient (Wildman–Crippen LogP) is -3.20. The van der Waals surface area contributed by atoms with E-state index in [1.54, 1.807) is 0 Å². The number of hydrogen-bond donors (Lipinski definition) is 2. The maximum absolute atomic E-state index is 7.50. The first kappa shape index (κ1) is 20.9. The fraction of sp³-hybridized carbons (Fsp3) is 0.214. The topological polar surface area (TPSA) is 49.9 Å². The maximum atomic E-state index is 7.50. The molecule has 1 aliphatic rings. The van der Waals surface area contributed by atoms with E-state index in [1.165, 1.54) is 11.1 Å². The molecule has 1 aromatic rings. The Balaban J connectivity index is 0. The molecule has 0 saturated heterocycles. The third-order valence-corrected chi connectivity index (χ3v) is 3.23. The van der Waals surface area contributed by atoms with E-state index < -0.39 is 0 Å². The molecule has 0 fully saturated rings. The monoisotopic (exact) mass is 372 g/mol. The zero-order chi connectivity index (χ0) is 11.7. The van der Waals surface area contributed by atoms with Gasteiger partial charge in [0.15, 0.2) is 0 Å². The zero-order valence-electron chi connectivity index (χ0n) is 10.9. The largest absolute Gasteiger partial charge is 2.00 e. The summed E-state index contributed by atoms with van der Waals surface area (Å²) in [7, 11) is 0. The van der Waals surface area contributed by atoms with Crippen molar-refractivity contribution in [3.8, 4) is 0 Å². The number of amidine groups is 1. The molecule has 0 saturated carbocycles. The van der Waals surface area contributed by atoms with Gasteiger partial charge in [0.25, 0.3) is 0 Å². The zero-order valence-corrected chi connectivity index (χ0v) is 14.8. The van der Waals surface area contributed by atoms with Crippen molar-refractivity contribution < 1.29 is 51.0 Å². The summed E-state index contributed by atoms with van der Waals surface area (Å²) in [5.41, 5.74) is 10.0. The van der Waals surface area contributed by atoms with E-state index in [-0.39, 0.29) is 56.9 Å². The van der Waals surface area contributed by atoms with E-state index in [9.17, 15) is 0 Å². The Kier molecular flexibility index (Phi) is 9.63. The molecule has 0 atom stereocenters. The number of nitrogen functional groups attached to an aromatic ring is 1. The van der Waals surface area contributed by atoms with Gasteiger partial charge in [-0.15, -0.1) is 0 Å². The molecule has 2 nitrogen and oxygen atoms in total. The van der Waals surface area contributed by atoms with E-state index >= 15 is 0 Å². The van der Waals surface area contributed by atoms with Gasteiger partial charge in [0.2, 0.25) is 0 Å². The van der Waals surface area contributed by atoms with Gasteiger partial charge in [-0.2, -0.15) is 0 Å². The second-order valence-corrected chi connectivity index (χ2v) is 4.16. The van der Waals surface area contributed by atoms with Crippen LogP contribution in [0, 0.1) is 19.3 Å². The molecule has 1 aromatic carbocycles. The Morgan fingerprint density at radius 1 is 1.05 bits per heavy atom. The molecule has 5 heteroatoms. The van der Waals surface area contributed by atoms with E-state index in [0.29, 0.717) is 5.92 Å². The number of hydrogen-bond acceptors (Lipinski definition) is 1. The summed E-state index contributed by atoms with van der Waals surface area (Å²) in [6.45, 7) is 4.12. The molecule has 3 N–H and O–H groups in total. The molecule has 0 aliphatic heterocycles. The SMILES string of the molecule is Cc1c(C(=N)N)ccc(C2C=CC=C2)c1C.[Cl-].[Cl-].[Zr+2]. The van der Waals surface area contributed by atoms with Crippen molar-refractivity contribution in [2.24, 2.45) is 5.73 Å². The van der Waals surface area contributed by atoms with Gasteiger partial charge in [0, 0.05) is 11.5 Å². The van der Waals surface area contributed by atoms with Gasteiger partial charge >= 0.3 is 26.2 Å². The van der Waals surface area contributed by atoms with Crippen LogP contribution >= 0.6 is 0 Å². The van der Waals surface area contributed by atoms with Crippen LogP contribution in [0.5, 0.6) is 0 Å². The Hall–Kier alpha value is -0.367. The number of nitrogens with two attached hydrogens (primary N) is 1. The fourth-order valence-corrected chi connectivity index (χ4v) is 2.13. The van der Waals surface area contributed by atoms with Gasteiger partial charge in [0.05, 0.1) is 0 Å². The molecule has 0 amide bonds. The summed E-state index contributed by atoms with van der Waals surface area (Å²) < 4.78 is 0. The van der Waals surface area contributed by atoms with Gasteiger partial charge in [-0.1, -0.05) is 36.4 Å². The maximum Gasteiger partial charge on any atom is 2.00 e. The molecule has 0 spiro atoms. The molecule has 2 rings (SSSR count). The number of nitrogens with one attached hydrogen (secondary N) is 1. The molecule has 0 unspecified atom stereocenters. The Bertz CT molecular complexity index is 498. The standard InChI is InChI=1S/C14H16N2.2ClH.Zr/c1-9-10(2)13(14(15)16)8-7-12(9)11-5-3-4-6-11;;;/h3-8,11H,1-2H3,(H3,15,16);2*1H;/q;;;+2/p-2. The molecule has 100 valence electrons. The van der Waals surface area contributed by atoms with Crippen molar-refractivity contribution >= 4 is 5.84 Å². The van der Waals surface area contributed by atoms with Gasteiger partial charge in [-0.3, -0.25) is 5.41 Å². The van der Waals surface area contributed by atoms with Crippen LogP contribution in [0.15, 0.2) is 36.4 Å². The van der Waals surface area contributed by atoms with Crippen LogP contribution in [0.2, 0.25) is 0 Å². The van der Waals surface area contributed by atoms with Crippen molar-refractivity contribution in [2.45, 2.75) is 19.8 Å². The van der Waals surface area contributed by atoms with Gasteiger partial charge in [-0.05, 0) is 30.5 Å². The summed E-state index contributed by atoms with van der Waals surface area (Å²) in [6.07, 6.45) is 8.49. The van der Waals surface area contributed by atoms with E-state index in [1.807, 2.05) is 13.0 Å². The Labute approximate surface area is 146 Å². The number of allylic oxidation sites excluding steroid dienone is 4. The summed E-state index contributed by atoms with van der Waals surface area (Å²) in [4.78, 5) is 0. The number of rotatable bonds is 2. The summed E-state index contributed by atoms with van der Waals surface area (Å²) in [6, 6.07) is 4.02. The summed E-state index contributed by atoms with van der Waals surface area (Å²) in [5, 5.41) is 7.50. The fourth-order valence-electron chi connectivity index (χ4n) is 2.13. The van der Waals surface area contributed by atoms with Crippen LogP contribution in [-0.2, 0) is 26.2 Å². The van der Waals surface area contributed by atoms with Crippen molar-refractivity contribution in [1.82, 2.24) is 0 Å². The van der Waals surface area contributed by atoms with Crippen LogP contribution in [-0.4, -0.2) is 5.84 Å². The average molecular weight is 374 g/mol. The molecule has 19 heavy (non-hydrogen) atoms. The Morgan fingerprint density at radius 2 is 1.58 bits per heavy atom. The normalized spacial score (nSPS) is 12.3. The molecular weight excluding hydrogens is 358 g/mol. The number of benzene rings is 1. The summed E-state index contributed by atoms with van der Waals surface area (Å²) >= 11 is 0. The van der Waals surface area contributed by atoms with Crippen molar-refractivity contribution in [3.05, 3.63) is 58.7 Å². The molecule has 0 bridgehead atoms. The van der Waals surface area contributed by atoms with Gasteiger partial charge < -0.3 is 30.5 Å². The molecule has 0 radical (unpaired) electrons. The smallest absolute Gasteiger partial charge is 1.00 e. The van der Waals surface area contributed by atoms with Crippen LogP contribution < -0.4 is 30.5 Å². The van der Waals surface area contributed by atoms with Crippen LogP contribution in [0.1, 0.15) is 28.2 Å². The molecular formula is C14H16Cl2N2Zr. The third kappa shape index (κ3) is 4.31. The Morgan fingerprint density at radius 3 is 2.05 bits per heavy atom. The first-order valence-corrected chi connectivity index (χ1v) is 5.40. The predicted molar refractivity (Wildman–Crippen MR) is 68.0 cm³/mol. The van der Waals surface area contributed by atoms with Crippen molar-refractivity contribution in [2.75, 3.05) is 0 Å². The quantitative estimate of drug-likeness (QED) is 0.416. The first-order valence-electron chi connectivity index (χ1n) is 5.40. The van der Waals surface area contributed by atoms with E-state index in [4.69, 9.17) is 11.1 Å². The molecule has 0 heterocycles. The minimum Gasteiger partial charge on any atom is -1.00 e. The molecule has 0 aromatic heterocycles. The average Bonchev–Trinajstić information content (AvgIpc) is 2.74. The van der Waals surface area contributed by atoms with Gasteiger partial charge in [0.1, 0.15) is 5.84 Å². The minimum absolute atomic E-state index is 0. The van der Waals surface area contributed by atoms with Crippen LogP contribution in [0.4, 0.5) is 0 Å². The van der Waals surface area contributed by atoms with Crippen molar-refractivity contribution in [1.29, 1.82) is 5.41 Å². The summed E-state index contributed by atoms with van der Waals surface area (Å²) in [5.74, 6) is 0.518. The van der Waals surface area contributed by atoms with E-state index in [2.05, 4.69) is 37.3 Å².